The maximum absolute atomic E-state index is 12.0. The molecular formula is C20H18O5. The third-order valence-corrected chi connectivity index (χ3v) is 4.04. The molecule has 0 unspecified atom stereocenters. The molecule has 128 valence electrons. The molecule has 2 aromatic carbocycles. The van der Waals surface area contributed by atoms with Gasteiger partial charge in [-0.2, -0.15) is 0 Å². The molecule has 25 heavy (non-hydrogen) atoms. The average molecular weight is 338 g/mol. The number of rotatable bonds is 5. The average Bonchev–Trinajstić information content (AvgIpc) is 2.61. The van der Waals surface area contributed by atoms with E-state index in [0.29, 0.717) is 17.8 Å². The van der Waals surface area contributed by atoms with Crippen LogP contribution < -0.4 is 10.4 Å². The van der Waals surface area contributed by atoms with Crippen LogP contribution in [0.1, 0.15) is 19.4 Å². The molecule has 0 fully saturated rings. The number of hydrogen-bond donors (Lipinski definition) is 1. The van der Waals surface area contributed by atoms with E-state index in [1.165, 1.54) is 13.0 Å². The first-order chi connectivity index (χ1) is 12.0. The van der Waals surface area contributed by atoms with Crippen molar-refractivity contribution >= 4 is 16.9 Å². The maximum Gasteiger partial charge on any atom is 0.344 e. The number of carbonyl (C=O) groups is 1. The molecule has 0 spiro atoms. The number of ether oxygens (including phenoxy) is 1. The lowest BCUT2D eigenvalue weighted by Crippen LogP contribution is -2.23. The number of fused-ring (bicyclic) bond motifs is 1. The van der Waals surface area contributed by atoms with Gasteiger partial charge in [-0.25, -0.2) is 9.59 Å². The van der Waals surface area contributed by atoms with Gasteiger partial charge in [0.15, 0.2) is 6.10 Å². The van der Waals surface area contributed by atoms with Crippen LogP contribution in [0.4, 0.5) is 0 Å². The van der Waals surface area contributed by atoms with E-state index in [1.54, 1.807) is 6.07 Å². The smallest absolute Gasteiger partial charge is 0.344 e. The number of aryl methyl sites for hydroxylation is 1. The lowest BCUT2D eigenvalue weighted by molar-refractivity contribution is -0.144. The fraction of sp³-hybridized carbons (Fsp3) is 0.200. The predicted molar refractivity (Wildman–Crippen MR) is 95.0 cm³/mol. The number of benzene rings is 2. The van der Waals surface area contributed by atoms with Crippen LogP contribution in [-0.2, 0) is 11.2 Å². The van der Waals surface area contributed by atoms with Crippen molar-refractivity contribution in [3.8, 4) is 16.9 Å². The van der Waals surface area contributed by atoms with Crippen LogP contribution in [0.15, 0.2) is 57.7 Å². The van der Waals surface area contributed by atoms with Crippen molar-refractivity contribution < 1.29 is 19.1 Å². The Balaban J connectivity index is 2.22. The van der Waals surface area contributed by atoms with Crippen molar-refractivity contribution in [2.24, 2.45) is 0 Å². The number of aliphatic carboxylic acids is 1. The van der Waals surface area contributed by atoms with Gasteiger partial charge in [0.05, 0.1) is 0 Å². The fourth-order valence-corrected chi connectivity index (χ4v) is 2.72. The summed E-state index contributed by atoms with van der Waals surface area (Å²) in [5.74, 6) is -0.639. The maximum atomic E-state index is 12.0. The molecule has 0 radical (unpaired) electrons. The zero-order valence-electron chi connectivity index (χ0n) is 14.0. The van der Waals surface area contributed by atoms with Crippen molar-refractivity contribution in [1.82, 2.24) is 0 Å². The van der Waals surface area contributed by atoms with Gasteiger partial charge in [-0.3, -0.25) is 0 Å². The van der Waals surface area contributed by atoms with E-state index in [-0.39, 0.29) is 0 Å². The van der Waals surface area contributed by atoms with E-state index >= 15 is 0 Å². The molecule has 0 amide bonds. The number of carboxylic acid groups (broad SMARTS) is 1. The molecule has 3 aromatic rings. The molecule has 3 rings (SSSR count). The van der Waals surface area contributed by atoms with Gasteiger partial charge in [-0.1, -0.05) is 37.3 Å². The highest BCUT2D eigenvalue weighted by molar-refractivity contribution is 5.94. The van der Waals surface area contributed by atoms with Crippen LogP contribution in [0.3, 0.4) is 0 Å². The molecule has 5 heteroatoms. The lowest BCUT2D eigenvalue weighted by atomic mass is 9.99. The molecule has 0 aliphatic rings. The van der Waals surface area contributed by atoms with Crippen LogP contribution in [-0.4, -0.2) is 17.2 Å². The molecular weight excluding hydrogens is 320 g/mol. The molecule has 0 saturated carbocycles. The quantitative estimate of drug-likeness (QED) is 0.715. The largest absolute Gasteiger partial charge is 0.479 e. The van der Waals surface area contributed by atoms with Crippen molar-refractivity contribution in [2.75, 3.05) is 0 Å². The normalized spacial score (nSPS) is 12.1. The Kier molecular flexibility index (Phi) is 4.57. The first kappa shape index (κ1) is 16.8. The van der Waals surface area contributed by atoms with E-state index in [9.17, 15) is 9.59 Å². The van der Waals surface area contributed by atoms with Gasteiger partial charge < -0.3 is 14.3 Å². The van der Waals surface area contributed by atoms with Crippen molar-refractivity contribution in [3.05, 3.63) is 64.5 Å². The number of hydrogen-bond acceptors (Lipinski definition) is 4. The highest BCUT2D eigenvalue weighted by atomic mass is 16.5. The summed E-state index contributed by atoms with van der Waals surface area (Å²) in [6.45, 7) is 3.42. The Morgan fingerprint density at radius 1 is 1.20 bits per heavy atom. The summed E-state index contributed by atoms with van der Waals surface area (Å²) in [5, 5.41) is 9.85. The first-order valence-electron chi connectivity index (χ1n) is 8.05. The Morgan fingerprint density at radius 2 is 1.92 bits per heavy atom. The van der Waals surface area contributed by atoms with Gasteiger partial charge in [0.2, 0.25) is 0 Å². The third-order valence-electron chi connectivity index (χ3n) is 4.04. The molecule has 5 nitrogen and oxygen atoms in total. The van der Waals surface area contributed by atoms with E-state index < -0.39 is 17.7 Å². The Hall–Kier alpha value is -3.08. The number of carboxylic acids is 1. The monoisotopic (exact) mass is 338 g/mol. The van der Waals surface area contributed by atoms with Crippen LogP contribution in [0.25, 0.3) is 22.1 Å². The third kappa shape index (κ3) is 3.40. The SMILES string of the molecule is CCc1cc2c(-c3ccccc3)cc(=O)oc2cc1O[C@H](C)C(=O)O. The Labute approximate surface area is 144 Å². The fourth-order valence-electron chi connectivity index (χ4n) is 2.72. The summed E-state index contributed by atoms with van der Waals surface area (Å²) in [4.78, 5) is 23.0. The molecule has 1 aromatic heterocycles. The van der Waals surface area contributed by atoms with E-state index in [0.717, 1.165) is 22.1 Å². The molecule has 0 aliphatic heterocycles. The molecule has 1 heterocycles. The van der Waals surface area contributed by atoms with E-state index in [1.807, 2.05) is 43.3 Å². The summed E-state index contributed by atoms with van der Waals surface area (Å²) < 4.78 is 10.9. The van der Waals surface area contributed by atoms with Crippen LogP contribution in [0.2, 0.25) is 0 Å². The Bertz CT molecular complexity index is 973. The summed E-state index contributed by atoms with van der Waals surface area (Å²) in [6.07, 6.45) is -0.336. The second-order valence-corrected chi connectivity index (χ2v) is 5.75. The van der Waals surface area contributed by atoms with Crippen molar-refractivity contribution in [1.29, 1.82) is 0 Å². The van der Waals surface area contributed by atoms with Gasteiger partial charge in [0, 0.05) is 17.5 Å². The summed E-state index contributed by atoms with van der Waals surface area (Å²) in [5.41, 5.74) is 2.45. The molecule has 1 N–H and O–H groups in total. The van der Waals surface area contributed by atoms with Gasteiger partial charge in [0.1, 0.15) is 11.3 Å². The topological polar surface area (TPSA) is 76.7 Å². The minimum Gasteiger partial charge on any atom is -0.479 e. The second-order valence-electron chi connectivity index (χ2n) is 5.75. The Morgan fingerprint density at radius 3 is 2.56 bits per heavy atom. The predicted octanol–water partition coefficient (Wildman–Crippen LogP) is 3.87. The molecule has 0 aliphatic carbocycles. The van der Waals surface area contributed by atoms with Crippen molar-refractivity contribution in [2.45, 2.75) is 26.4 Å². The second kappa shape index (κ2) is 6.81. The summed E-state index contributed by atoms with van der Waals surface area (Å²) >= 11 is 0. The van der Waals surface area contributed by atoms with Gasteiger partial charge in [-0.05, 0) is 36.1 Å². The highest BCUT2D eigenvalue weighted by Crippen LogP contribution is 2.33. The van der Waals surface area contributed by atoms with Crippen LogP contribution >= 0.6 is 0 Å². The molecule has 0 bridgehead atoms. The molecule has 0 saturated heterocycles. The zero-order chi connectivity index (χ0) is 18.0. The minimum absolute atomic E-state index is 0.371. The van der Waals surface area contributed by atoms with E-state index in [2.05, 4.69) is 0 Å². The minimum atomic E-state index is -1.05. The van der Waals surface area contributed by atoms with Gasteiger partial charge in [-0.15, -0.1) is 0 Å². The van der Waals surface area contributed by atoms with Crippen LogP contribution in [0.5, 0.6) is 5.75 Å². The van der Waals surface area contributed by atoms with Gasteiger partial charge in [0.25, 0.3) is 0 Å². The molecule has 1 atom stereocenters. The zero-order valence-corrected chi connectivity index (χ0v) is 14.0. The van der Waals surface area contributed by atoms with E-state index in [4.69, 9.17) is 14.3 Å². The standard InChI is InChI=1S/C20H18O5/c1-3-13-9-16-15(14-7-5-4-6-8-14)10-19(21)25-18(16)11-17(13)24-12(2)20(22)23/h4-12H,3H2,1-2H3,(H,22,23)/t12-/m1/s1. The lowest BCUT2D eigenvalue weighted by Gasteiger charge is -2.15. The van der Waals surface area contributed by atoms with Crippen LogP contribution in [0, 0.1) is 0 Å². The highest BCUT2D eigenvalue weighted by Gasteiger charge is 2.17. The van der Waals surface area contributed by atoms with Crippen molar-refractivity contribution in [3.63, 3.8) is 0 Å². The first-order valence-corrected chi connectivity index (χ1v) is 8.05. The summed E-state index contributed by atoms with van der Waals surface area (Å²) in [6, 6.07) is 14.5. The summed E-state index contributed by atoms with van der Waals surface area (Å²) in [7, 11) is 0. The van der Waals surface area contributed by atoms with Gasteiger partial charge >= 0.3 is 11.6 Å².